The van der Waals surface area contributed by atoms with E-state index in [0.29, 0.717) is 18.8 Å². The Balaban J connectivity index is 1.50. The van der Waals surface area contributed by atoms with Crippen molar-refractivity contribution in [2.24, 2.45) is 0 Å². The molecule has 7 heteroatoms. The van der Waals surface area contributed by atoms with Crippen LogP contribution in [0.25, 0.3) is 0 Å². The molecule has 1 aliphatic heterocycles. The number of carbonyl (C=O) groups excluding carboxylic acids is 1. The number of carbonyl (C=O) groups is 1. The molecule has 3 aromatic heterocycles. The first-order valence-corrected chi connectivity index (χ1v) is 9.71. The van der Waals surface area contributed by atoms with Crippen LogP contribution in [0, 0.1) is 6.92 Å². The van der Waals surface area contributed by atoms with Gasteiger partial charge in [0.05, 0.1) is 17.2 Å². The van der Waals surface area contributed by atoms with Gasteiger partial charge in [-0.3, -0.25) is 9.78 Å². The van der Waals surface area contributed by atoms with Crippen LogP contribution in [0.5, 0.6) is 0 Å². The van der Waals surface area contributed by atoms with Crippen molar-refractivity contribution in [2.75, 3.05) is 13.1 Å². The summed E-state index contributed by atoms with van der Waals surface area (Å²) >= 11 is 1.52. The lowest BCUT2D eigenvalue weighted by Crippen LogP contribution is -2.40. The minimum atomic E-state index is 0.0295. The summed E-state index contributed by atoms with van der Waals surface area (Å²) < 4.78 is 2.15. The van der Waals surface area contributed by atoms with Crippen molar-refractivity contribution in [3.8, 4) is 0 Å². The van der Waals surface area contributed by atoms with Gasteiger partial charge in [0.15, 0.2) is 0 Å². The molecule has 0 saturated carbocycles. The number of imidazole rings is 1. The fourth-order valence-corrected chi connectivity index (χ4v) is 4.06. The minimum Gasteiger partial charge on any atom is -0.337 e. The maximum absolute atomic E-state index is 12.7. The third-order valence-corrected chi connectivity index (χ3v) is 5.49. The van der Waals surface area contributed by atoms with Crippen LogP contribution >= 0.6 is 11.3 Å². The van der Waals surface area contributed by atoms with Crippen LogP contribution in [0.3, 0.4) is 0 Å². The number of likely N-dealkylation sites (tertiary alicyclic amines) is 1. The van der Waals surface area contributed by atoms with E-state index >= 15 is 0 Å². The number of aromatic nitrogens is 4. The Morgan fingerprint density at radius 3 is 3.00 bits per heavy atom. The number of nitrogens with zero attached hydrogens (tertiary/aromatic N) is 5. The number of rotatable bonds is 4. The monoisotopic (exact) mass is 367 g/mol. The predicted molar refractivity (Wildman–Crippen MR) is 100 cm³/mol. The molecule has 3 aromatic rings. The first kappa shape index (κ1) is 16.9. The first-order valence-electron chi connectivity index (χ1n) is 8.83. The summed E-state index contributed by atoms with van der Waals surface area (Å²) in [5.74, 6) is 1.30. The zero-order valence-corrected chi connectivity index (χ0v) is 15.5. The molecule has 4 rings (SSSR count). The predicted octanol–water partition coefficient (Wildman–Crippen LogP) is 3.11. The molecular formula is C19H21N5OS. The highest BCUT2D eigenvalue weighted by atomic mass is 32.1. The van der Waals surface area contributed by atoms with Crippen LogP contribution in [0.1, 0.15) is 45.8 Å². The summed E-state index contributed by atoms with van der Waals surface area (Å²) in [5, 5.41) is 2.77. The van der Waals surface area contributed by atoms with Crippen LogP contribution in [0.2, 0.25) is 0 Å². The summed E-state index contributed by atoms with van der Waals surface area (Å²) in [6, 6.07) is 5.93. The van der Waals surface area contributed by atoms with Gasteiger partial charge in [-0.05, 0) is 31.9 Å². The second-order valence-corrected chi connectivity index (χ2v) is 7.64. The van der Waals surface area contributed by atoms with Gasteiger partial charge in [0.2, 0.25) is 0 Å². The van der Waals surface area contributed by atoms with Gasteiger partial charge in [-0.25, -0.2) is 9.97 Å². The number of hydrogen-bond donors (Lipinski definition) is 0. The highest BCUT2D eigenvalue weighted by molar-refractivity contribution is 7.09. The molecule has 0 aromatic carbocycles. The van der Waals surface area contributed by atoms with Crippen molar-refractivity contribution in [3.05, 3.63) is 64.4 Å². The van der Waals surface area contributed by atoms with Gasteiger partial charge in [0.25, 0.3) is 5.91 Å². The average Bonchev–Trinajstić information content (AvgIpc) is 3.31. The van der Waals surface area contributed by atoms with E-state index in [1.807, 2.05) is 54.0 Å². The third kappa shape index (κ3) is 3.53. The highest BCUT2D eigenvalue weighted by Gasteiger charge is 2.28. The molecule has 134 valence electrons. The van der Waals surface area contributed by atoms with Gasteiger partial charge in [0.1, 0.15) is 11.5 Å². The van der Waals surface area contributed by atoms with Crippen molar-refractivity contribution < 1.29 is 4.79 Å². The molecule has 0 aliphatic carbocycles. The van der Waals surface area contributed by atoms with E-state index in [1.165, 1.54) is 11.3 Å². The van der Waals surface area contributed by atoms with E-state index in [9.17, 15) is 4.79 Å². The normalized spacial score (nSPS) is 17.4. The van der Waals surface area contributed by atoms with Gasteiger partial charge in [0, 0.05) is 43.0 Å². The van der Waals surface area contributed by atoms with Crippen molar-refractivity contribution in [1.82, 2.24) is 24.4 Å². The molecule has 0 spiro atoms. The quantitative estimate of drug-likeness (QED) is 0.711. The number of pyridine rings is 1. The molecule has 1 atom stereocenters. The standard InChI is InChI=1S/C19H21N5OS/c1-14-22-17(13-26-14)19(25)24-9-4-5-15(11-24)18-21-8-10-23(18)12-16-6-2-3-7-20-16/h2-3,6-8,10,13,15H,4-5,9,11-12H2,1H3/t15-/m1/s1. The molecule has 0 radical (unpaired) electrons. The smallest absolute Gasteiger partial charge is 0.273 e. The zero-order valence-electron chi connectivity index (χ0n) is 14.7. The lowest BCUT2D eigenvalue weighted by molar-refractivity contribution is 0.0698. The van der Waals surface area contributed by atoms with E-state index in [0.717, 1.165) is 35.9 Å². The van der Waals surface area contributed by atoms with Crippen LogP contribution in [0.4, 0.5) is 0 Å². The Labute approximate surface area is 156 Å². The molecule has 6 nitrogen and oxygen atoms in total. The highest BCUT2D eigenvalue weighted by Crippen LogP contribution is 2.27. The summed E-state index contributed by atoms with van der Waals surface area (Å²) in [5.41, 5.74) is 1.57. The fourth-order valence-electron chi connectivity index (χ4n) is 3.48. The second kappa shape index (κ2) is 7.37. The Morgan fingerprint density at radius 2 is 2.23 bits per heavy atom. The molecule has 1 fully saturated rings. The SMILES string of the molecule is Cc1nc(C(=O)N2CCC[C@@H](c3nccn3Cc3ccccn3)C2)cs1. The molecule has 1 saturated heterocycles. The van der Waals surface area contributed by atoms with Gasteiger partial charge in [-0.2, -0.15) is 0 Å². The fraction of sp³-hybridized carbons (Fsp3) is 0.368. The zero-order chi connectivity index (χ0) is 17.9. The maximum Gasteiger partial charge on any atom is 0.273 e. The van der Waals surface area contributed by atoms with Gasteiger partial charge in [-0.15, -0.1) is 11.3 Å². The van der Waals surface area contributed by atoms with E-state index in [-0.39, 0.29) is 11.8 Å². The molecule has 0 N–H and O–H groups in total. The second-order valence-electron chi connectivity index (χ2n) is 6.58. The number of aryl methyl sites for hydroxylation is 1. The van der Waals surface area contributed by atoms with E-state index in [1.54, 1.807) is 0 Å². The molecule has 26 heavy (non-hydrogen) atoms. The Morgan fingerprint density at radius 1 is 1.31 bits per heavy atom. The Hall–Kier alpha value is -2.54. The number of thiazole rings is 1. The Bertz CT molecular complexity index is 888. The van der Waals surface area contributed by atoms with Crippen LogP contribution < -0.4 is 0 Å². The van der Waals surface area contributed by atoms with E-state index in [2.05, 4.69) is 19.5 Å². The van der Waals surface area contributed by atoms with Crippen LogP contribution in [-0.2, 0) is 6.54 Å². The van der Waals surface area contributed by atoms with Gasteiger partial charge >= 0.3 is 0 Å². The summed E-state index contributed by atoms with van der Waals surface area (Å²) in [6.07, 6.45) is 7.66. The Kier molecular flexibility index (Phi) is 4.79. The molecule has 1 amide bonds. The van der Waals surface area contributed by atoms with Crippen LogP contribution in [0.15, 0.2) is 42.2 Å². The topological polar surface area (TPSA) is 63.9 Å². The molecular weight excluding hydrogens is 346 g/mol. The lowest BCUT2D eigenvalue weighted by atomic mass is 9.97. The molecule has 0 unspecified atom stereocenters. The summed E-state index contributed by atoms with van der Waals surface area (Å²) in [4.78, 5) is 28.0. The van der Waals surface area contributed by atoms with Crippen molar-refractivity contribution in [2.45, 2.75) is 32.2 Å². The van der Waals surface area contributed by atoms with Gasteiger partial charge in [-0.1, -0.05) is 6.07 Å². The summed E-state index contributed by atoms with van der Waals surface area (Å²) in [6.45, 7) is 4.10. The maximum atomic E-state index is 12.7. The summed E-state index contributed by atoms with van der Waals surface area (Å²) in [7, 11) is 0. The minimum absolute atomic E-state index is 0.0295. The molecule has 4 heterocycles. The van der Waals surface area contributed by atoms with Crippen molar-refractivity contribution in [3.63, 3.8) is 0 Å². The van der Waals surface area contributed by atoms with Crippen molar-refractivity contribution in [1.29, 1.82) is 0 Å². The van der Waals surface area contributed by atoms with E-state index in [4.69, 9.17) is 0 Å². The average molecular weight is 367 g/mol. The first-order chi connectivity index (χ1) is 12.7. The number of amides is 1. The van der Waals surface area contributed by atoms with Crippen molar-refractivity contribution >= 4 is 17.2 Å². The number of piperidine rings is 1. The van der Waals surface area contributed by atoms with Gasteiger partial charge < -0.3 is 9.47 Å². The lowest BCUT2D eigenvalue weighted by Gasteiger charge is -2.32. The largest absolute Gasteiger partial charge is 0.337 e. The molecule has 0 bridgehead atoms. The third-order valence-electron chi connectivity index (χ3n) is 4.72. The number of hydrogen-bond acceptors (Lipinski definition) is 5. The van der Waals surface area contributed by atoms with Crippen LogP contribution in [-0.4, -0.2) is 43.4 Å². The van der Waals surface area contributed by atoms with E-state index < -0.39 is 0 Å². The molecule has 1 aliphatic rings.